The summed E-state index contributed by atoms with van der Waals surface area (Å²) in [5.41, 5.74) is 4.65. The summed E-state index contributed by atoms with van der Waals surface area (Å²) in [6.07, 6.45) is 3.05. The number of carbonyl (C=O) groups excluding carboxylic acids is 1. The Bertz CT molecular complexity index is 1490. The van der Waals surface area contributed by atoms with Crippen LogP contribution in [0.4, 0.5) is 0 Å². The molecule has 3 aromatic carbocycles. The molecule has 6 rings (SSSR count). The number of hydrogen-bond donors (Lipinski definition) is 0. The lowest BCUT2D eigenvalue weighted by atomic mass is 10.0. The van der Waals surface area contributed by atoms with Crippen LogP contribution in [0, 0.1) is 12.1 Å². The molecule has 2 atom stereocenters. The number of esters is 1. The van der Waals surface area contributed by atoms with Gasteiger partial charge in [0.05, 0.1) is 33.3 Å². The Morgan fingerprint density at radius 1 is 1.03 bits per heavy atom. The number of methoxy groups -OCH3 is 1. The van der Waals surface area contributed by atoms with Gasteiger partial charge >= 0.3 is 5.97 Å². The van der Waals surface area contributed by atoms with Gasteiger partial charge in [-0.1, -0.05) is 64.2 Å². The molecule has 0 radical (unpaired) electrons. The first-order valence-electron chi connectivity index (χ1n) is 12.3. The van der Waals surface area contributed by atoms with Crippen molar-refractivity contribution < 1.29 is 18.8 Å². The van der Waals surface area contributed by atoms with E-state index in [9.17, 15) is 4.79 Å². The Morgan fingerprint density at radius 2 is 1.76 bits per heavy atom. The molecule has 2 unspecified atom stereocenters. The maximum atomic E-state index is 11.7. The van der Waals surface area contributed by atoms with Crippen LogP contribution in [0.2, 0.25) is 15.1 Å². The molecule has 0 N–H and O–H groups in total. The third kappa shape index (κ3) is 4.85. The summed E-state index contributed by atoms with van der Waals surface area (Å²) in [6, 6.07) is 21.0. The Labute approximate surface area is 235 Å². The SMILES string of the molecule is COC(=O)c1ccc(C2CC2c2c#cc(OCc3c(-c4c(Cl)cccc4Cl)noc3C3CC3)cc2Cl)cc1. The third-order valence-corrected chi connectivity index (χ3v) is 8.04. The highest BCUT2D eigenvalue weighted by atomic mass is 35.5. The second kappa shape index (κ2) is 10.2. The fourth-order valence-electron chi connectivity index (χ4n) is 4.83. The van der Waals surface area contributed by atoms with Crippen molar-refractivity contribution in [2.45, 2.75) is 43.6 Å². The summed E-state index contributed by atoms with van der Waals surface area (Å²) in [4.78, 5) is 11.7. The summed E-state index contributed by atoms with van der Waals surface area (Å²) < 4.78 is 16.6. The summed E-state index contributed by atoms with van der Waals surface area (Å²) in [7, 11) is 1.38. The minimum atomic E-state index is -0.344. The van der Waals surface area contributed by atoms with Crippen LogP contribution in [0.1, 0.15) is 69.8 Å². The van der Waals surface area contributed by atoms with E-state index >= 15 is 0 Å². The molecule has 2 aliphatic carbocycles. The first-order valence-corrected chi connectivity index (χ1v) is 13.4. The molecule has 2 aliphatic rings. The monoisotopic (exact) mass is 565 g/mol. The van der Waals surface area contributed by atoms with Crippen LogP contribution in [-0.2, 0) is 11.3 Å². The van der Waals surface area contributed by atoms with E-state index in [1.807, 2.05) is 12.1 Å². The van der Waals surface area contributed by atoms with Gasteiger partial charge in [-0.05, 0) is 61.1 Å². The maximum absolute atomic E-state index is 11.7. The Morgan fingerprint density at radius 3 is 2.42 bits per heavy atom. The quantitative estimate of drug-likeness (QED) is 0.200. The second-order valence-electron chi connectivity index (χ2n) is 9.62. The van der Waals surface area contributed by atoms with Crippen molar-refractivity contribution in [2.75, 3.05) is 7.11 Å². The standard InChI is InChI=1S/C30H22Cl3NO4/c1-36-30(35)18-9-5-16(6-10-18)21-14-22(21)20-12-11-19(13-26(20)33)37-15-23-28(34-38-29(23)17-7-8-17)27-24(31)3-2-4-25(27)32/h2-6,9-10,13,17,21-22H,7-8,14-15H2,1H3. The molecular formula is C30H22Cl3NO4. The number of nitrogens with zero attached hydrogens (tertiary/aromatic N) is 1. The van der Waals surface area contributed by atoms with Crippen molar-refractivity contribution in [3.8, 4) is 17.0 Å². The number of rotatable bonds is 8. The van der Waals surface area contributed by atoms with Crippen molar-refractivity contribution in [1.29, 1.82) is 0 Å². The van der Waals surface area contributed by atoms with Crippen LogP contribution in [-0.4, -0.2) is 18.2 Å². The maximum Gasteiger partial charge on any atom is 0.337 e. The number of hydrogen-bond acceptors (Lipinski definition) is 5. The van der Waals surface area contributed by atoms with Gasteiger partial charge in [-0.2, -0.15) is 0 Å². The van der Waals surface area contributed by atoms with E-state index in [-0.39, 0.29) is 18.5 Å². The minimum absolute atomic E-state index is 0.213. The van der Waals surface area contributed by atoms with Crippen molar-refractivity contribution in [3.05, 3.63) is 104 Å². The molecule has 2 saturated carbocycles. The highest BCUT2D eigenvalue weighted by Crippen LogP contribution is 2.56. The van der Waals surface area contributed by atoms with E-state index in [0.717, 1.165) is 41.7 Å². The van der Waals surface area contributed by atoms with Gasteiger partial charge in [0.25, 0.3) is 0 Å². The molecule has 4 aromatic rings. The number of aromatic nitrogens is 1. The molecule has 1 heterocycles. The Kier molecular flexibility index (Phi) is 6.74. The molecule has 0 spiro atoms. The zero-order chi connectivity index (χ0) is 26.4. The lowest BCUT2D eigenvalue weighted by molar-refractivity contribution is 0.0600. The molecule has 0 saturated heterocycles. The molecule has 0 bridgehead atoms. The predicted octanol–water partition coefficient (Wildman–Crippen LogP) is 8.42. The number of ether oxygens (including phenoxy) is 2. The fraction of sp³-hybridized carbons (Fsp3) is 0.267. The smallest absolute Gasteiger partial charge is 0.337 e. The van der Waals surface area contributed by atoms with Crippen molar-refractivity contribution in [1.82, 2.24) is 5.16 Å². The highest BCUT2D eigenvalue weighted by molar-refractivity contribution is 6.39. The molecule has 0 aliphatic heterocycles. The van der Waals surface area contributed by atoms with Gasteiger partial charge in [-0.25, -0.2) is 4.79 Å². The van der Waals surface area contributed by atoms with E-state index < -0.39 is 0 Å². The summed E-state index contributed by atoms with van der Waals surface area (Å²) in [5.74, 6) is 1.83. The third-order valence-electron chi connectivity index (χ3n) is 7.09. The number of carbonyl (C=O) groups is 1. The van der Waals surface area contributed by atoms with E-state index in [1.54, 1.807) is 36.4 Å². The fourth-order valence-corrected chi connectivity index (χ4v) is 5.69. The molecule has 192 valence electrons. The van der Waals surface area contributed by atoms with Crippen LogP contribution in [0.5, 0.6) is 5.75 Å². The zero-order valence-electron chi connectivity index (χ0n) is 20.4. The molecule has 1 aromatic heterocycles. The Hall–Kier alpha value is -3.17. The molecule has 38 heavy (non-hydrogen) atoms. The predicted molar refractivity (Wildman–Crippen MR) is 145 cm³/mol. The lowest BCUT2D eigenvalue weighted by Gasteiger charge is -2.09. The van der Waals surface area contributed by atoms with Crippen molar-refractivity contribution in [2.24, 2.45) is 0 Å². The van der Waals surface area contributed by atoms with Crippen LogP contribution in [0.3, 0.4) is 0 Å². The Balaban J connectivity index is 1.18. The lowest BCUT2D eigenvalue weighted by Crippen LogP contribution is -2.00. The average Bonchev–Trinajstić information content (AvgIpc) is 3.85. The van der Waals surface area contributed by atoms with Gasteiger partial charge in [0, 0.05) is 29.0 Å². The van der Waals surface area contributed by atoms with E-state index in [2.05, 4.69) is 17.3 Å². The van der Waals surface area contributed by atoms with Crippen LogP contribution >= 0.6 is 34.8 Å². The molecule has 0 amide bonds. The van der Waals surface area contributed by atoms with Gasteiger partial charge in [-0.15, -0.1) is 0 Å². The van der Waals surface area contributed by atoms with Crippen molar-refractivity contribution in [3.63, 3.8) is 0 Å². The van der Waals surface area contributed by atoms with Gasteiger partial charge in [-0.3, -0.25) is 0 Å². The van der Waals surface area contributed by atoms with Gasteiger partial charge in [0.15, 0.2) is 5.75 Å². The molecule has 8 heteroatoms. The first kappa shape index (κ1) is 25.1. The topological polar surface area (TPSA) is 61.6 Å². The van der Waals surface area contributed by atoms with Crippen molar-refractivity contribution >= 4 is 40.8 Å². The van der Waals surface area contributed by atoms with E-state index in [0.29, 0.717) is 49.5 Å². The normalized spacial score (nSPS) is 18.1. The average molecular weight is 567 g/mol. The van der Waals surface area contributed by atoms with E-state index in [4.69, 9.17) is 48.8 Å². The molecular weight excluding hydrogens is 545 g/mol. The van der Waals surface area contributed by atoms with Crippen LogP contribution in [0.25, 0.3) is 11.3 Å². The van der Waals surface area contributed by atoms with Crippen LogP contribution in [0.15, 0.2) is 53.1 Å². The zero-order valence-corrected chi connectivity index (χ0v) is 22.7. The van der Waals surface area contributed by atoms with Crippen LogP contribution < -0.4 is 4.74 Å². The summed E-state index contributed by atoms with van der Waals surface area (Å²) in [5, 5.41) is 5.89. The van der Waals surface area contributed by atoms with E-state index in [1.165, 1.54) is 7.11 Å². The highest BCUT2D eigenvalue weighted by Gasteiger charge is 2.41. The molecule has 2 fully saturated rings. The number of benzene rings is 2. The minimum Gasteiger partial charge on any atom is -0.480 e. The van der Waals surface area contributed by atoms with Gasteiger partial charge in [0.1, 0.15) is 18.1 Å². The summed E-state index contributed by atoms with van der Waals surface area (Å²) >= 11 is 19.6. The molecule has 5 nitrogen and oxygen atoms in total. The second-order valence-corrected chi connectivity index (χ2v) is 10.8. The first-order chi connectivity index (χ1) is 18.4. The number of halogens is 3. The van der Waals surface area contributed by atoms with Gasteiger partial charge in [0.2, 0.25) is 0 Å². The summed E-state index contributed by atoms with van der Waals surface area (Å²) in [6.45, 7) is 0.213. The van der Waals surface area contributed by atoms with Gasteiger partial charge < -0.3 is 14.0 Å². The largest absolute Gasteiger partial charge is 0.480 e.